The molecule has 20 heavy (non-hydrogen) atoms. The van der Waals surface area contributed by atoms with Crippen molar-refractivity contribution >= 4 is 20.3 Å². The summed E-state index contributed by atoms with van der Waals surface area (Å²) in [6.45, 7) is 6.56. The fourth-order valence-corrected chi connectivity index (χ4v) is 2.15. The van der Waals surface area contributed by atoms with Crippen molar-refractivity contribution in [3.63, 3.8) is 0 Å². The molecule has 0 saturated heterocycles. The summed E-state index contributed by atoms with van der Waals surface area (Å²) in [6, 6.07) is 4.78. The van der Waals surface area contributed by atoms with E-state index in [4.69, 9.17) is 4.43 Å². The van der Waals surface area contributed by atoms with E-state index in [9.17, 15) is 9.59 Å². The van der Waals surface area contributed by atoms with E-state index in [2.05, 4.69) is 29.1 Å². The maximum absolute atomic E-state index is 11.6. The lowest BCUT2D eigenvalue weighted by atomic mass is 10.1. The lowest BCUT2D eigenvalue weighted by Gasteiger charge is -2.17. The van der Waals surface area contributed by atoms with E-state index < -0.39 is 20.3 Å². The van der Waals surface area contributed by atoms with Gasteiger partial charge in [0, 0.05) is 0 Å². The van der Waals surface area contributed by atoms with Crippen LogP contribution in [0.25, 0.3) is 0 Å². The Bertz CT molecular complexity index is 471. The van der Waals surface area contributed by atoms with Gasteiger partial charge in [-0.1, -0.05) is 0 Å². The summed E-state index contributed by atoms with van der Waals surface area (Å²) in [6.07, 6.45) is 0. The van der Waals surface area contributed by atoms with E-state index in [-0.39, 0.29) is 0 Å². The quantitative estimate of drug-likeness (QED) is 0.617. The number of carbonyl (C=O) groups is 2. The highest BCUT2D eigenvalue weighted by molar-refractivity contribution is 6.69. The molecule has 0 spiro atoms. The van der Waals surface area contributed by atoms with Gasteiger partial charge in [0.1, 0.15) is 0 Å². The molecule has 0 aliphatic heterocycles. The molecular weight excluding hydrogens is 276 g/mol. The van der Waals surface area contributed by atoms with Crippen molar-refractivity contribution in [1.82, 2.24) is 0 Å². The highest BCUT2D eigenvalue weighted by atomic mass is 28.4. The molecule has 0 aromatic heterocycles. The van der Waals surface area contributed by atoms with Gasteiger partial charge in [-0.25, -0.2) is 9.59 Å². The van der Waals surface area contributed by atoms with Gasteiger partial charge in [-0.2, -0.15) is 0 Å². The summed E-state index contributed by atoms with van der Waals surface area (Å²) in [5.74, 6) is -0.991. The Morgan fingerprint density at radius 2 is 1.40 bits per heavy atom. The zero-order valence-electron chi connectivity index (χ0n) is 12.5. The molecule has 0 bridgehead atoms. The Morgan fingerprint density at radius 3 is 1.75 bits per heavy atom. The predicted molar refractivity (Wildman–Crippen MR) is 77.3 cm³/mol. The lowest BCUT2D eigenvalue weighted by molar-refractivity contribution is 0.0599. The topological polar surface area (TPSA) is 61.8 Å². The van der Waals surface area contributed by atoms with Crippen molar-refractivity contribution in [2.45, 2.75) is 26.2 Å². The van der Waals surface area contributed by atoms with Crippen LogP contribution in [0, 0.1) is 0 Å². The van der Waals surface area contributed by atoms with Crippen molar-refractivity contribution in [1.29, 1.82) is 0 Å². The first-order valence-corrected chi connectivity index (χ1v) is 9.62. The van der Waals surface area contributed by atoms with Crippen LogP contribution in [-0.4, -0.2) is 34.5 Å². The van der Waals surface area contributed by atoms with Crippen molar-refractivity contribution in [2.75, 3.05) is 14.2 Å². The number of rotatable bonds is 5. The normalized spacial score (nSPS) is 11.1. The van der Waals surface area contributed by atoms with Gasteiger partial charge in [-0.3, -0.25) is 0 Å². The van der Waals surface area contributed by atoms with Gasteiger partial charge < -0.3 is 13.9 Å². The average molecular weight is 296 g/mol. The molecule has 110 valence electrons. The van der Waals surface area contributed by atoms with E-state index in [1.807, 2.05) is 0 Å². The van der Waals surface area contributed by atoms with Gasteiger partial charge in [0.2, 0.25) is 0 Å². The molecule has 0 atom stereocenters. The molecular formula is C14H20O5Si. The fraction of sp³-hybridized carbons (Fsp3) is 0.429. The van der Waals surface area contributed by atoms with Gasteiger partial charge in [0.25, 0.3) is 0 Å². The van der Waals surface area contributed by atoms with Gasteiger partial charge in [-0.15, -0.1) is 0 Å². The maximum Gasteiger partial charge on any atom is 0.337 e. The minimum atomic E-state index is -1.68. The van der Waals surface area contributed by atoms with E-state index in [0.29, 0.717) is 17.7 Å². The molecule has 0 aliphatic rings. The summed E-state index contributed by atoms with van der Waals surface area (Å²) in [5.41, 5.74) is 1.37. The van der Waals surface area contributed by atoms with Crippen LogP contribution in [0.4, 0.5) is 0 Å². The number of benzene rings is 1. The van der Waals surface area contributed by atoms with Crippen LogP contribution in [0.5, 0.6) is 0 Å². The SMILES string of the molecule is COC(=O)c1cc(CO[Si](C)(C)C)cc(C(=O)OC)c1. The Morgan fingerprint density at radius 1 is 0.950 bits per heavy atom. The fourth-order valence-electron chi connectivity index (χ4n) is 1.55. The summed E-state index contributed by atoms with van der Waals surface area (Å²) in [4.78, 5) is 23.2. The van der Waals surface area contributed by atoms with E-state index >= 15 is 0 Å². The van der Waals surface area contributed by atoms with Gasteiger partial charge >= 0.3 is 11.9 Å². The van der Waals surface area contributed by atoms with E-state index in [0.717, 1.165) is 5.56 Å². The largest absolute Gasteiger partial charge is 0.465 e. The van der Waals surface area contributed by atoms with Crippen LogP contribution in [0.3, 0.4) is 0 Å². The zero-order chi connectivity index (χ0) is 15.3. The van der Waals surface area contributed by atoms with Crippen LogP contribution >= 0.6 is 0 Å². The van der Waals surface area contributed by atoms with Crippen molar-refractivity contribution in [2.24, 2.45) is 0 Å². The second-order valence-corrected chi connectivity index (χ2v) is 9.82. The average Bonchev–Trinajstić information content (AvgIpc) is 2.42. The number of hydrogen-bond acceptors (Lipinski definition) is 5. The summed E-state index contributed by atoms with van der Waals surface area (Å²) >= 11 is 0. The smallest absolute Gasteiger partial charge is 0.337 e. The third-order valence-electron chi connectivity index (χ3n) is 2.51. The van der Waals surface area contributed by atoms with Crippen molar-refractivity contribution in [3.05, 3.63) is 34.9 Å². The number of esters is 2. The first-order valence-electron chi connectivity index (χ1n) is 6.21. The molecule has 1 aromatic rings. The molecule has 0 aliphatic carbocycles. The Kier molecular flexibility index (Phi) is 5.47. The molecule has 0 N–H and O–H groups in total. The minimum absolute atomic E-state index is 0.310. The highest BCUT2D eigenvalue weighted by Crippen LogP contribution is 2.16. The van der Waals surface area contributed by atoms with E-state index in [1.165, 1.54) is 20.3 Å². The van der Waals surface area contributed by atoms with Gasteiger partial charge in [0.05, 0.1) is 32.0 Å². The van der Waals surface area contributed by atoms with Crippen LogP contribution in [0.2, 0.25) is 19.6 Å². The molecule has 5 nitrogen and oxygen atoms in total. The molecule has 0 heterocycles. The molecule has 0 saturated carbocycles. The number of ether oxygens (including phenoxy) is 2. The third kappa shape index (κ3) is 4.79. The Labute approximate surface area is 120 Å². The molecule has 1 rings (SSSR count). The first kappa shape index (κ1) is 16.4. The number of carbonyl (C=O) groups excluding carboxylic acids is 2. The summed E-state index contributed by atoms with van der Waals surface area (Å²) in [5, 5.41) is 0. The summed E-state index contributed by atoms with van der Waals surface area (Å²) < 4.78 is 15.2. The second-order valence-electron chi connectivity index (χ2n) is 5.30. The van der Waals surface area contributed by atoms with Crippen molar-refractivity contribution in [3.8, 4) is 0 Å². The standard InChI is InChI=1S/C14H20O5Si/c1-17-13(15)11-6-10(9-19-20(3,4)5)7-12(8-11)14(16)18-2/h6-8H,9H2,1-5H3. The first-order chi connectivity index (χ1) is 9.26. The highest BCUT2D eigenvalue weighted by Gasteiger charge is 2.17. The van der Waals surface area contributed by atoms with Crippen LogP contribution < -0.4 is 0 Å². The molecule has 0 radical (unpaired) electrons. The van der Waals surface area contributed by atoms with Gasteiger partial charge in [-0.05, 0) is 43.4 Å². The second kappa shape index (κ2) is 6.67. The lowest BCUT2D eigenvalue weighted by Crippen LogP contribution is -2.25. The maximum atomic E-state index is 11.6. The minimum Gasteiger partial charge on any atom is -0.465 e. The van der Waals surface area contributed by atoms with Crippen molar-refractivity contribution < 1.29 is 23.5 Å². The third-order valence-corrected chi connectivity index (χ3v) is 3.52. The molecule has 1 aromatic carbocycles. The monoisotopic (exact) mass is 296 g/mol. The van der Waals surface area contributed by atoms with E-state index in [1.54, 1.807) is 12.1 Å². The van der Waals surface area contributed by atoms with Crippen LogP contribution in [0.15, 0.2) is 18.2 Å². The molecule has 0 amide bonds. The number of methoxy groups -OCH3 is 2. The Balaban J connectivity index is 3.10. The summed E-state index contributed by atoms with van der Waals surface area (Å²) in [7, 11) is 0.916. The Hall–Kier alpha value is -1.66. The molecule has 0 fully saturated rings. The predicted octanol–water partition coefficient (Wildman–Crippen LogP) is 2.61. The molecule has 6 heteroatoms. The van der Waals surface area contributed by atoms with Gasteiger partial charge in [0.15, 0.2) is 8.32 Å². The number of hydrogen-bond donors (Lipinski definition) is 0. The molecule has 0 unspecified atom stereocenters. The zero-order valence-corrected chi connectivity index (χ0v) is 13.5. The van der Waals surface area contributed by atoms with Crippen LogP contribution in [0.1, 0.15) is 26.3 Å². The van der Waals surface area contributed by atoms with Crippen LogP contribution in [-0.2, 0) is 20.5 Å².